The van der Waals surface area contributed by atoms with Crippen molar-refractivity contribution in [2.45, 2.75) is 26.2 Å². The van der Waals surface area contributed by atoms with E-state index in [1.54, 1.807) is 12.4 Å². The van der Waals surface area contributed by atoms with Gasteiger partial charge >= 0.3 is 0 Å². The summed E-state index contributed by atoms with van der Waals surface area (Å²) in [6.07, 6.45) is 6.07. The number of nitrogens with zero attached hydrogens (tertiary/aromatic N) is 5. The van der Waals surface area contributed by atoms with Gasteiger partial charge in [0.2, 0.25) is 0 Å². The fourth-order valence-electron chi connectivity index (χ4n) is 2.99. The molecule has 7 nitrogen and oxygen atoms in total. The second-order valence-electron chi connectivity index (χ2n) is 5.93. The Labute approximate surface area is 135 Å². The molecule has 1 unspecified atom stereocenters. The maximum absolute atomic E-state index is 11.2. The van der Waals surface area contributed by atoms with Crippen LogP contribution in [0.5, 0.6) is 0 Å². The summed E-state index contributed by atoms with van der Waals surface area (Å²) in [6.45, 7) is 3.90. The first kappa shape index (κ1) is 15.3. The largest absolute Gasteiger partial charge is 0.364 e. The molecule has 1 aliphatic rings. The van der Waals surface area contributed by atoms with Crippen LogP contribution >= 0.6 is 0 Å². The molecule has 1 aliphatic heterocycles. The predicted molar refractivity (Wildman–Crippen MR) is 86.0 cm³/mol. The van der Waals surface area contributed by atoms with Gasteiger partial charge in [0.05, 0.1) is 0 Å². The van der Waals surface area contributed by atoms with Crippen LogP contribution in [0.15, 0.2) is 24.8 Å². The molecule has 1 atom stereocenters. The summed E-state index contributed by atoms with van der Waals surface area (Å²) in [5, 5.41) is 0. The van der Waals surface area contributed by atoms with E-state index in [-0.39, 0.29) is 5.69 Å². The highest BCUT2D eigenvalue weighted by Gasteiger charge is 2.22. The van der Waals surface area contributed by atoms with E-state index < -0.39 is 5.91 Å². The number of carbonyl (C=O) groups excluding carboxylic acids is 1. The Balaban J connectivity index is 1.69. The minimum atomic E-state index is -0.518. The van der Waals surface area contributed by atoms with E-state index in [9.17, 15) is 4.79 Å². The van der Waals surface area contributed by atoms with Gasteiger partial charge in [-0.25, -0.2) is 19.9 Å². The molecule has 3 rings (SSSR count). The van der Waals surface area contributed by atoms with Crippen LogP contribution in [0, 0.1) is 12.8 Å². The fraction of sp³-hybridized carbons (Fsp3) is 0.438. The van der Waals surface area contributed by atoms with Gasteiger partial charge in [-0.1, -0.05) is 0 Å². The Morgan fingerprint density at radius 1 is 1.26 bits per heavy atom. The lowest BCUT2D eigenvalue weighted by molar-refractivity contribution is 0.0995. The SMILES string of the molecule is Cc1cc(N2CCCC(Cc3cc(C(N)=O)ncn3)C2)ncn1. The van der Waals surface area contributed by atoms with Crippen LogP contribution in [0.4, 0.5) is 5.82 Å². The quantitative estimate of drug-likeness (QED) is 0.909. The molecule has 3 heterocycles. The molecule has 23 heavy (non-hydrogen) atoms. The van der Waals surface area contributed by atoms with E-state index in [4.69, 9.17) is 5.73 Å². The molecule has 120 valence electrons. The number of hydrogen-bond acceptors (Lipinski definition) is 6. The van der Waals surface area contributed by atoms with Crippen LogP contribution in [0.2, 0.25) is 0 Å². The summed E-state index contributed by atoms with van der Waals surface area (Å²) < 4.78 is 0. The number of aromatic nitrogens is 4. The highest BCUT2D eigenvalue weighted by atomic mass is 16.1. The van der Waals surface area contributed by atoms with Crippen molar-refractivity contribution in [3.05, 3.63) is 41.9 Å². The van der Waals surface area contributed by atoms with Gasteiger partial charge < -0.3 is 10.6 Å². The minimum absolute atomic E-state index is 0.272. The topological polar surface area (TPSA) is 97.9 Å². The molecule has 7 heteroatoms. The first-order valence-corrected chi connectivity index (χ1v) is 7.76. The Morgan fingerprint density at radius 3 is 2.87 bits per heavy atom. The van der Waals surface area contributed by atoms with Crippen LogP contribution in [0.1, 0.15) is 34.7 Å². The Bertz CT molecular complexity index is 704. The lowest BCUT2D eigenvalue weighted by Crippen LogP contribution is -2.37. The molecule has 0 spiro atoms. The smallest absolute Gasteiger partial charge is 0.267 e. The number of piperidine rings is 1. The average Bonchev–Trinajstić information content (AvgIpc) is 2.55. The summed E-state index contributed by atoms with van der Waals surface area (Å²) >= 11 is 0. The Morgan fingerprint density at radius 2 is 2.09 bits per heavy atom. The standard InChI is InChI=1S/C16H20N6O/c1-11-5-15(21-9-18-11)22-4-2-3-12(8-22)6-13-7-14(16(17)23)20-10-19-13/h5,7,9-10,12H,2-4,6,8H2,1H3,(H2,17,23). The lowest BCUT2D eigenvalue weighted by atomic mass is 9.93. The molecule has 2 N–H and O–H groups in total. The maximum Gasteiger partial charge on any atom is 0.267 e. The van der Waals surface area contributed by atoms with Crippen LogP contribution in [0.25, 0.3) is 0 Å². The second kappa shape index (κ2) is 6.68. The molecule has 1 saturated heterocycles. The molecule has 0 saturated carbocycles. The minimum Gasteiger partial charge on any atom is -0.364 e. The van der Waals surface area contributed by atoms with Crippen LogP contribution < -0.4 is 10.6 Å². The van der Waals surface area contributed by atoms with Gasteiger partial charge in [-0.15, -0.1) is 0 Å². The number of carbonyl (C=O) groups is 1. The molecule has 1 amide bonds. The van der Waals surface area contributed by atoms with Crippen molar-refractivity contribution in [1.82, 2.24) is 19.9 Å². The third kappa shape index (κ3) is 3.80. The molecular formula is C16H20N6O. The predicted octanol–water partition coefficient (Wildman–Crippen LogP) is 1.13. The molecule has 0 aromatic carbocycles. The van der Waals surface area contributed by atoms with Gasteiger partial charge in [0, 0.05) is 30.5 Å². The molecular weight excluding hydrogens is 292 g/mol. The Hall–Kier alpha value is -2.57. The lowest BCUT2D eigenvalue weighted by Gasteiger charge is -2.33. The number of nitrogens with two attached hydrogens (primary N) is 1. The number of primary amides is 1. The average molecular weight is 312 g/mol. The summed E-state index contributed by atoms with van der Waals surface area (Å²) in [4.78, 5) is 30.2. The second-order valence-corrected chi connectivity index (χ2v) is 5.93. The van der Waals surface area contributed by atoms with Crippen molar-refractivity contribution in [2.75, 3.05) is 18.0 Å². The zero-order chi connectivity index (χ0) is 16.2. The van der Waals surface area contributed by atoms with Crippen molar-refractivity contribution in [2.24, 2.45) is 11.7 Å². The summed E-state index contributed by atoms with van der Waals surface area (Å²) in [7, 11) is 0. The number of hydrogen-bond donors (Lipinski definition) is 1. The van der Waals surface area contributed by atoms with Crippen LogP contribution in [-0.4, -0.2) is 38.9 Å². The summed E-state index contributed by atoms with van der Waals surface area (Å²) in [6, 6.07) is 3.70. The van der Waals surface area contributed by atoms with E-state index in [2.05, 4.69) is 24.8 Å². The van der Waals surface area contributed by atoms with Crippen LogP contribution in [0.3, 0.4) is 0 Å². The molecule has 1 fully saturated rings. The van der Waals surface area contributed by atoms with Crippen molar-refractivity contribution >= 4 is 11.7 Å². The molecule has 2 aromatic heterocycles. The van der Waals surface area contributed by atoms with E-state index in [0.717, 1.165) is 49.6 Å². The number of aryl methyl sites for hydroxylation is 1. The monoisotopic (exact) mass is 312 g/mol. The van der Waals surface area contributed by atoms with Gasteiger partial charge in [0.1, 0.15) is 24.2 Å². The first-order chi connectivity index (χ1) is 11.1. The third-order valence-corrected chi connectivity index (χ3v) is 4.11. The first-order valence-electron chi connectivity index (χ1n) is 7.76. The van der Waals surface area contributed by atoms with Gasteiger partial charge in [-0.05, 0) is 38.2 Å². The summed E-state index contributed by atoms with van der Waals surface area (Å²) in [5.41, 5.74) is 7.38. The van der Waals surface area contributed by atoms with E-state index >= 15 is 0 Å². The third-order valence-electron chi connectivity index (χ3n) is 4.11. The van der Waals surface area contributed by atoms with E-state index in [0.29, 0.717) is 5.92 Å². The van der Waals surface area contributed by atoms with Crippen molar-refractivity contribution in [3.8, 4) is 0 Å². The normalized spacial score (nSPS) is 18.0. The zero-order valence-corrected chi connectivity index (χ0v) is 13.1. The van der Waals surface area contributed by atoms with Crippen molar-refractivity contribution in [3.63, 3.8) is 0 Å². The van der Waals surface area contributed by atoms with Gasteiger partial charge in [-0.3, -0.25) is 4.79 Å². The van der Waals surface area contributed by atoms with Gasteiger partial charge in [0.25, 0.3) is 5.91 Å². The highest BCUT2D eigenvalue weighted by molar-refractivity contribution is 5.90. The van der Waals surface area contributed by atoms with Gasteiger partial charge in [0.15, 0.2) is 0 Å². The molecule has 2 aromatic rings. The zero-order valence-electron chi connectivity index (χ0n) is 13.1. The number of rotatable bonds is 4. The summed E-state index contributed by atoms with van der Waals surface area (Å²) in [5.74, 6) is 0.924. The Kier molecular flexibility index (Phi) is 4.45. The van der Waals surface area contributed by atoms with Crippen molar-refractivity contribution < 1.29 is 4.79 Å². The van der Waals surface area contributed by atoms with Crippen LogP contribution in [-0.2, 0) is 6.42 Å². The fourth-order valence-corrected chi connectivity index (χ4v) is 2.99. The number of amides is 1. The maximum atomic E-state index is 11.2. The molecule has 0 radical (unpaired) electrons. The van der Waals surface area contributed by atoms with Gasteiger partial charge in [-0.2, -0.15) is 0 Å². The molecule has 0 bridgehead atoms. The number of anilines is 1. The van der Waals surface area contributed by atoms with Crippen molar-refractivity contribution in [1.29, 1.82) is 0 Å². The molecule has 0 aliphatic carbocycles. The van der Waals surface area contributed by atoms with E-state index in [1.807, 2.05) is 13.0 Å². The highest BCUT2D eigenvalue weighted by Crippen LogP contribution is 2.24. The van der Waals surface area contributed by atoms with E-state index in [1.165, 1.54) is 6.33 Å².